The van der Waals surface area contributed by atoms with Gasteiger partial charge in [0.05, 0.1) is 23.6 Å². The Kier molecular flexibility index (Phi) is 4.90. The number of aromatic nitrogens is 1. The minimum Gasteiger partial charge on any atom is -0.489 e. The van der Waals surface area contributed by atoms with Gasteiger partial charge in [-0.25, -0.2) is 0 Å². The third-order valence-electron chi connectivity index (χ3n) is 5.36. The van der Waals surface area contributed by atoms with Crippen molar-refractivity contribution < 1.29 is 27.8 Å². The van der Waals surface area contributed by atoms with Gasteiger partial charge in [0.15, 0.2) is 0 Å². The summed E-state index contributed by atoms with van der Waals surface area (Å²) in [5, 5.41) is 18.9. The number of aryl methyl sites for hydroxylation is 1. The third kappa shape index (κ3) is 3.71. The molecule has 1 aliphatic rings. The number of fused-ring (bicyclic) bond motifs is 3. The molecule has 154 valence electrons. The molecular weight excluding hydrogens is 397 g/mol. The second-order valence-electron chi connectivity index (χ2n) is 7.30. The number of alkyl halides is 3. The molecule has 2 heterocycles. The fourth-order valence-electron chi connectivity index (χ4n) is 3.98. The molecule has 1 aromatic heterocycles. The van der Waals surface area contributed by atoms with E-state index in [-0.39, 0.29) is 18.9 Å². The minimum atomic E-state index is -4.61. The number of carbonyl (C=O) groups is 1. The first-order chi connectivity index (χ1) is 14.3. The van der Waals surface area contributed by atoms with E-state index in [4.69, 9.17) is 15.1 Å². The predicted molar refractivity (Wildman–Crippen MR) is 102 cm³/mol. The normalized spacial score (nSPS) is 15.7. The van der Waals surface area contributed by atoms with Gasteiger partial charge in [-0.05, 0) is 48.4 Å². The standard InChI is InChI=1S/C22H17F3N2O3/c23-22(24,25)18-7-13(1-2-15(18)11-26)12-30-17-3-4-19-16(8-17)9-20-14(10-21(28)29)5-6-27(19)20/h1-4,7-9,14H,5-6,10,12H2,(H,28,29)/t14-/m0/s1. The van der Waals surface area contributed by atoms with E-state index >= 15 is 0 Å². The second-order valence-corrected chi connectivity index (χ2v) is 7.30. The summed E-state index contributed by atoms with van der Waals surface area (Å²) in [6.07, 6.45) is -3.74. The Labute approximate surface area is 169 Å². The minimum absolute atomic E-state index is 0.0290. The molecule has 1 atom stereocenters. The first-order valence-electron chi connectivity index (χ1n) is 9.34. The molecule has 0 spiro atoms. The van der Waals surface area contributed by atoms with E-state index in [1.54, 1.807) is 18.2 Å². The average Bonchev–Trinajstić information content (AvgIpc) is 3.24. The molecule has 0 saturated heterocycles. The van der Waals surface area contributed by atoms with Gasteiger partial charge in [0, 0.05) is 29.1 Å². The van der Waals surface area contributed by atoms with Crippen LogP contribution in [0.3, 0.4) is 0 Å². The number of benzene rings is 2. The Morgan fingerprint density at radius 2 is 2.03 bits per heavy atom. The zero-order valence-electron chi connectivity index (χ0n) is 15.7. The Hall–Kier alpha value is -3.47. The topological polar surface area (TPSA) is 75.2 Å². The second kappa shape index (κ2) is 7.41. The number of nitriles is 1. The summed E-state index contributed by atoms with van der Waals surface area (Å²) in [6.45, 7) is 0.679. The van der Waals surface area contributed by atoms with Gasteiger partial charge in [0.2, 0.25) is 0 Å². The molecule has 0 amide bonds. The number of halogens is 3. The van der Waals surface area contributed by atoms with E-state index in [1.165, 1.54) is 6.07 Å². The lowest BCUT2D eigenvalue weighted by Crippen LogP contribution is -2.09. The summed E-state index contributed by atoms with van der Waals surface area (Å²) in [7, 11) is 0. The maximum Gasteiger partial charge on any atom is 0.417 e. The SMILES string of the molecule is N#Cc1ccc(COc2ccc3c(c2)cc2n3CC[C@H]2CC(=O)O)cc1C(F)(F)F. The summed E-state index contributed by atoms with van der Waals surface area (Å²) in [5.74, 6) is -0.360. The Bertz CT molecular complexity index is 1170. The maximum atomic E-state index is 13.1. The van der Waals surface area contributed by atoms with Crippen LogP contribution in [0, 0.1) is 11.3 Å². The lowest BCUT2D eigenvalue weighted by atomic mass is 10.0. The lowest BCUT2D eigenvalue weighted by molar-refractivity contribution is -0.138. The first kappa shape index (κ1) is 19.8. The number of carboxylic acids is 1. The van der Waals surface area contributed by atoms with Crippen LogP contribution in [0.1, 0.15) is 41.1 Å². The molecule has 4 rings (SSSR count). The number of carboxylic acid groups (broad SMARTS) is 1. The summed E-state index contributed by atoms with van der Waals surface area (Å²) in [5.41, 5.74) is 0.860. The highest BCUT2D eigenvalue weighted by Crippen LogP contribution is 2.37. The highest BCUT2D eigenvalue weighted by Gasteiger charge is 2.33. The van der Waals surface area contributed by atoms with Gasteiger partial charge in [-0.15, -0.1) is 0 Å². The number of hydrogen-bond donors (Lipinski definition) is 1. The number of rotatable bonds is 5. The molecular formula is C22H17F3N2O3. The molecule has 0 bridgehead atoms. The molecule has 30 heavy (non-hydrogen) atoms. The van der Waals surface area contributed by atoms with Gasteiger partial charge >= 0.3 is 12.1 Å². The smallest absolute Gasteiger partial charge is 0.417 e. The van der Waals surface area contributed by atoms with Crippen LogP contribution in [0.5, 0.6) is 5.75 Å². The van der Waals surface area contributed by atoms with E-state index < -0.39 is 23.3 Å². The van der Waals surface area contributed by atoms with Gasteiger partial charge < -0.3 is 14.4 Å². The van der Waals surface area contributed by atoms with Crippen LogP contribution >= 0.6 is 0 Å². The van der Waals surface area contributed by atoms with Crippen molar-refractivity contribution in [1.82, 2.24) is 4.57 Å². The van der Waals surface area contributed by atoms with Crippen LogP contribution in [0.4, 0.5) is 13.2 Å². The summed E-state index contributed by atoms with van der Waals surface area (Å²) in [4.78, 5) is 11.1. The number of nitrogens with zero attached hydrogens (tertiary/aromatic N) is 2. The molecule has 8 heteroatoms. The van der Waals surface area contributed by atoms with E-state index in [0.29, 0.717) is 11.3 Å². The third-order valence-corrected chi connectivity index (χ3v) is 5.36. The van der Waals surface area contributed by atoms with Crippen molar-refractivity contribution in [1.29, 1.82) is 5.26 Å². The van der Waals surface area contributed by atoms with Crippen LogP contribution in [0.15, 0.2) is 42.5 Å². The van der Waals surface area contributed by atoms with Crippen molar-refractivity contribution in [2.45, 2.75) is 38.1 Å². The first-order valence-corrected chi connectivity index (χ1v) is 9.34. The molecule has 0 saturated carbocycles. The molecule has 1 N–H and O–H groups in total. The summed E-state index contributed by atoms with van der Waals surface area (Å²) in [6, 6.07) is 12.4. The summed E-state index contributed by atoms with van der Waals surface area (Å²) >= 11 is 0. The Balaban J connectivity index is 1.55. The fraction of sp³-hybridized carbons (Fsp3) is 0.273. The van der Waals surface area contributed by atoms with Gasteiger partial charge in [-0.3, -0.25) is 4.79 Å². The number of hydrogen-bond acceptors (Lipinski definition) is 3. The largest absolute Gasteiger partial charge is 0.489 e. The predicted octanol–water partition coefficient (Wildman–Crippen LogP) is 5.07. The highest BCUT2D eigenvalue weighted by molar-refractivity contribution is 5.83. The zero-order chi connectivity index (χ0) is 21.5. The van der Waals surface area contributed by atoms with Gasteiger partial charge in [0.25, 0.3) is 0 Å². The van der Waals surface area contributed by atoms with Crippen molar-refractivity contribution in [3.63, 3.8) is 0 Å². The van der Waals surface area contributed by atoms with Crippen molar-refractivity contribution in [2.75, 3.05) is 0 Å². The van der Waals surface area contributed by atoms with Crippen LogP contribution in [-0.2, 0) is 24.1 Å². The molecule has 0 unspecified atom stereocenters. The lowest BCUT2D eigenvalue weighted by Gasteiger charge is -2.12. The molecule has 2 aromatic carbocycles. The fourth-order valence-corrected chi connectivity index (χ4v) is 3.98. The molecule has 0 aliphatic carbocycles. The zero-order valence-corrected chi connectivity index (χ0v) is 15.7. The van der Waals surface area contributed by atoms with Crippen LogP contribution < -0.4 is 4.74 Å². The van der Waals surface area contributed by atoms with E-state index in [2.05, 4.69) is 4.57 Å². The molecule has 3 aromatic rings. The van der Waals surface area contributed by atoms with Crippen LogP contribution in [0.25, 0.3) is 10.9 Å². The van der Waals surface area contributed by atoms with Gasteiger partial charge in [-0.2, -0.15) is 18.4 Å². The molecule has 0 fully saturated rings. The quantitative estimate of drug-likeness (QED) is 0.632. The van der Waals surface area contributed by atoms with Gasteiger partial charge in [-0.1, -0.05) is 6.07 Å². The van der Waals surface area contributed by atoms with Crippen molar-refractivity contribution in [3.8, 4) is 11.8 Å². The summed E-state index contributed by atoms with van der Waals surface area (Å²) < 4.78 is 47.1. The highest BCUT2D eigenvalue weighted by atomic mass is 19.4. The average molecular weight is 414 g/mol. The maximum absolute atomic E-state index is 13.1. The molecule has 0 radical (unpaired) electrons. The number of aliphatic carboxylic acids is 1. The molecule has 5 nitrogen and oxygen atoms in total. The Morgan fingerprint density at radius 3 is 2.73 bits per heavy atom. The monoisotopic (exact) mass is 414 g/mol. The molecule has 1 aliphatic heterocycles. The Morgan fingerprint density at radius 1 is 1.23 bits per heavy atom. The van der Waals surface area contributed by atoms with Crippen LogP contribution in [-0.4, -0.2) is 15.6 Å². The van der Waals surface area contributed by atoms with Gasteiger partial charge in [0.1, 0.15) is 12.4 Å². The van der Waals surface area contributed by atoms with E-state index in [1.807, 2.05) is 12.1 Å². The van der Waals surface area contributed by atoms with Crippen molar-refractivity contribution in [2.24, 2.45) is 0 Å². The van der Waals surface area contributed by atoms with Crippen molar-refractivity contribution >= 4 is 16.9 Å². The number of ether oxygens (including phenoxy) is 1. The van der Waals surface area contributed by atoms with E-state index in [0.717, 1.165) is 41.7 Å². The van der Waals surface area contributed by atoms with Crippen molar-refractivity contribution in [3.05, 3.63) is 64.8 Å². The van der Waals surface area contributed by atoms with Crippen LogP contribution in [0.2, 0.25) is 0 Å². The van der Waals surface area contributed by atoms with E-state index in [9.17, 15) is 18.0 Å².